The molecular weight excluding hydrogens is 679 g/mol. The standard InChI is InChI=1S/C37H37N11O3S/c1-39-29-17-30(31-9-7-26-16-22(18-38)19-42-48(26)31)40-21-28(29)36-45-44-35(52-36)23-2-4-24(5-3-23)37(51)47-14-12-46(13-15-47)32-10-6-25(20-41-32)27-8-11-33(49)43-34(27)50/h6-7,9-10,16-17,19-21,23-24,27H,2-5,8,11-15H2,1H3,(H,39,40)(H,43,49,50)/t23-,24-,27-/m0/s1. The summed E-state index contributed by atoms with van der Waals surface area (Å²) >= 11 is 1.59. The zero-order valence-corrected chi connectivity index (χ0v) is 29.5. The Kier molecular flexibility index (Phi) is 9.06. The van der Waals surface area contributed by atoms with Gasteiger partial charge in [-0.15, -0.1) is 10.2 Å². The van der Waals surface area contributed by atoms with Crippen LogP contribution in [-0.2, 0) is 14.4 Å². The molecule has 1 saturated carbocycles. The zero-order chi connectivity index (χ0) is 35.8. The summed E-state index contributed by atoms with van der Waals surface area (Å²) in [5.41, 5.74) is 5.47. The number of nitrogens with zero attached hydrogens (tertiary/aromatic N) is 9. The fourth-order valence-corrected chi connectivity index (χ4v) is 8.58. The Labute approximate surface area is 303 Å². The van der Waals surface area contributed by atoms with Crippen LogP contribution in [0.15, 0.2) is 55.0 Å². The molecule has 5 aromatic rings. The number of piperazine rings is 1. The van der Waals surface area contributed by atoms with Crippen molar-refractivity contribution < 1.29 is 14.4 Å². The van der Waals surface area contributed by atoms with Gasteiger partial charge in [-0.3, -0.25) is 24.7 Å². The molecule has 264 valence electrons. The number of piperidine rings is 1. The summed E-state index contributed by atoms with van der Waals surface area (Å²) in [6.45, 7) is 2.70. The fourth-order valence-electron chi connectivity index (χ4n) is 7.54. The number of imide groups is 1. The maximum absolute atomic E-state index is 13.6. The number of nitriles is 1. The van der Waals surface area contributed by atoms with Crippen molar-refractivity contribution in [3.63, 3.8) is 0 Å². The first-order chi connectivity index (χ1) is 25.4. The highest BCUT2D eigenvalue weighted by atomic mass is 32.1. The second kappa shape index (κ2) is 14.1. The molecule has 1 aliphatic carbocycles. The highest BCUT2D eigenvalue weighted by Gasteiger charge is 2.33. The molecule has 3 amide bonds. The Morgan fingerprint density at radius 3 is 2.52 bits per heavy atom. The Morgan fingerprint density at radius 1 is 0.962 bits per heavy atom. The zero-order valence-electron chi connectivity index (χ0n) is 28.7. The van der Waals surface area contributed by atoms with Gasteiger partial charge in [-0.05, 0) is 68.0 Å². The van der Waals surface area contributed by atoms with Crippen LogP contribution in [0.4, 0.5) is 11.5 Å². The van der Waals surface area contributed by atoms with Gasteiger partial charge in [0.25, 0.3) is 0 Å². The van der Waals surface area contributed by atoms with Crippen LogP contribution in [0.5, 0.6) is 0 Å². The van der Waals surface area contributed by atoms with Crippen LogP contribution in [-0.4, -0.2) is 85.6 Å². The first kappa shape index (κ1) is 33.4. The van der Waals surface area contributed by atoms with E-state index >= 15 is 0 Å². The van der Waals surface area contributed by atoms with Crippen molar-refractivity contribution in [2.45, 2.75) is 50.4 Å². The third kappa shape index (κ3) is 6.45. The molecule has 3 aliphatic rings. The Morgan fingerprint density at radius 2 is 1.79 bits per heavy atom. The molecule has 1 atom stereocenters. The fraction of sp³-hybridized carbons (Fsp3) is 0.378. The van der Waals surface area contributed by atoms with Crippen LogP contribution in [0, 0.1) is 17.2 Å². The predicted octanol–water partition coefficient (Wildman–Crippen LogP) is 4.37. The number of carbonyl (C=O) groups excluding carboxylic acids is 3. The van der Waals surface area contributed by atoms with E-state index in [2.05, 4.69) is 41.9 Å². The second-order valence-corrected chi connectivity index (χ2v) is 14.5. The molecule has 0 bridgehead atoms. The van der Waals surface area contributed by atoms with Gasteiger partial charge in [0.05, 0.1) is 40.1 Å². The molecule has 5 aromatic heterocycles. The SMILES string of the molecule is CNc1cc(-c2ccc3cc(C#N)cnn23)ncc1-c1nnc([C@H]2CC[C@H](C(=O)N3CCN(c4ccc([C@@H]5CCC(=O)NC5=O)cn4)CC3)CC2)s1. The van der Waals surface area contributed by atoms with Crippen molar-refractivity contribution in [1.82, 2.24) is 40.0 Å². The first-order valence-electron chi connectivity index (χ1n) is 17.6. The summed E-state index contributed by atoms with van der Waals surface area (Å²) in [6.07, 6.45) is 9.38. The summed E-state index contributed by atoms with van der Waals surface area (Å²) in [6, 6.07) is 13.6. The van der Waals surface area contributed by atoms with Gasteiger partial charge in [-0.25, -0.2) is 9.50 Å². The van der Waals surface area contributed by atoms with Crippen LogP contribution >= 0.6 is 11.3 Å². The minimum Gasteiger partial charge on any atom is -0.387 e. The molecule has 0 unspecified atom stereocenters. The van der Waals surface area contributed by atoms with E-state index in [1.807, 2.05) is 48.5 Å². The normalized spacial score (nSPS) is 20.8. The van der Waals surface area contributed by atoms with Gasteiger partial charge in [0.2, 0.25) is 17.7 Å². The number of hydrogen-bond donors (Lipinski definition) is 2. The van der Waals surface area contributed by atoms with Crippen molar-refractivity contribution >= 4 is 46.1 Å². The average molecular weight is 716 g/mol. The monoisotopic (exact) mass is 715 g/mol. The van der Waals surface area contributed by atoms with Crippen molar-refractivity contribution in [3.8, 4) is 28.0 Å². The van der Waals surface area contributed by atoms with E-state index in [1.165, 1.54) is 0 Å². The number of aromatic nitrogens is 6. The molecule has 2 aliphatic heterocycles. The molecule has 8 rings (SSSR count). The van der Waals surface area contributed by atoms with Crippen LogP contribution in [0.25, 0.3) is 27.5 Å². The Balaban J connectivity index is 0.852. The molecule has 15 heteroatoms. The molecule has 0 aromatic carbocycles. The molecule has 3 fully saturated rings. The molecule has 0 radical (unpaired) electrons. The highest BCUT2D eigenvalue weighted by molar-refractivity contribution is 7.14. The van der Waals surface area contributed by atoms with Gasteiger partial charge >= 0.3 is 0 Å². The number of amides is 3. The number of hydrogen-bond acceptors (Lipinski definition) is 12. The molecule has 2 saturated heterocycles. The minimum atomic E-state index is -0.351. The Bertz CT molecular complexity index is 2190. The lowest BCUT2D eigenvalue weighted by molar-refractivity contribution is -0.137. The maximum Gasteiger partial charge on any atom is 0.234 e. The largest absolute Gasteiger partial charge is 0.387 e. The highest BCUT2D eigenvalue weighted by Crippen LogP contribution is 2.41. The number of pyridine rings is 2. The van der Waals surface area contributed by atoms with Gasteiger partial charge in [0.15, 0.2) is 5.01 Å². The molecule has 2 N–H and O–H groups in total. The molecular formula is C37H37N11O3S. The van der Waals surface area contributed by atoms with Gasteiger partial charge < -0.3 is 15.1 Å². The van der Waals surface area contributed by atoms with Crippen molar-refractivity contribution in [1.29, 1.82) is 5.26 Å². The summed E-state index contributed by atoms with van der Waals surface area (Å²) in [7, 11) is 1.87. The topological polar surface area (TPSA) is 174 Å². The lowest BCUT2D eigenvalue weighted by Gasteiger charge is -2.38. The van der Waals surface area contributed by atoms with Crippen molar-refractivity contribution in [2.75, 3.05) is 43.4 Å². The number of rotatable bonds is 7. The van der Waals surface area contributed by atoms with Crippen LogP contribution in [0.1, 0.15) is 66.5 Å². The molecule has 52 heavy (non-hydrogen) atoms. The van der Waals surface area contributed by atoms with E-state index in [0.29, 0.717) is 44.6 Å². The summed E-state index contributed by atoms with van der Waals surface area (Å²) in [5, 5.41) is 30.3. The number of anilines is 2. The van der Waals surface area contributed by atoms with Crippen molar-refractivity contribution in [2.24, 2.45) is 5.92 Å². The van der Waals surface area contributed by atoms with Crippen LogP contribution < -0.4 is 15.5 Å². The van der Waals surface area contributed by atoms with Crippen LogP contribution in [0.2, 0.25) is 0 Å². The van der Waals surface area contributed by atoms with Crippen LogP contribution in [0.3, 0.4) is 0 Å². The van der Waals surface area contributed by atoms with E-state index in [0.717, 1.165) is 75.2 Å². The molecule has 14 nitrogen and oxygen atoms in total. The van der Waals surface area contributed by atoms with E-state index in [4.69, 9.17) is 4.98 Å². The summed E-state index contributed by atoms with van der Waals surface area (Å²) < 4.78 is 1.78. The van der Waals surface area contributed by atoms with Gasteiger partial charge in [-0.1, -0.05) is 17.4 Å². The first-order valence-corrected chi connectivity index (χ1v) is 18.4. The Hall–Kier alpha value is -5.75. The van der Waals surface area contributed by atoms with Crippen molar-refractivity contribution in [3.05, 3.63) is 71.1 Å². The average Bonchev–Trinajstić information content (AvgIpc) is 3.86. The molecule has 0 spiro atoms. The van der Waals surface area contributed by atoms with Gasteiger partial charge in [0, 0.05) is 69.6 Å². The van der Waals surface area contributed by atoms with E-state index in [-0.39, 0.29) is 35.5 Å². The van der Waals surface area contributed by atoms with Gasteiger partial charge in [0.1, 0.15) is 16.9 Å². The smallest absolute Gasteiger partial charge is 0.234 e. The lowest BCUT2D eigenvalue weighted by Crippen LogP contribution is -2.51. The van der Waals surface area contributed by atoms with E-state index in [9.17, 15) is 19.6 Å². The number of nitrogens with one attached hydrogen (secondary N) is 2. The minimum absolute atomic E-state index is 0.0138. The second-order valence-electron chi connectivity index (χ2n) is 13.5. The third-order valence-corrected chi connectivity index (χ3v) is 11.6. The molecule has 7 heterocycles. The van der Waals surface area contributed by atoms with E-state index in [1.54, 1.807) is 34.3 Å². The summed E-state index contributed by atoms with van der Waals surface area (Å²) in [4.78, 5) is 50.8. The number of carbonyl (C=O) groups is 3. The number of fused-ring (bicyclic) bond motifs is 1. The van der Waals surface area contributed by atoms with Gasteiger partial charge in [-0.2, -0.15) is 10.4 Å². The maximum atomic E-state index is 13.6. The quantitative estimate of drug-likeness (QED) is 0.229. The van der Waals surface area contributed by atoms with E-state index < -0.39 is 0 Å². The third-order valence-electron chi connectivity index (χ3n) is 10.5. The lowest BCUT2D eigenvalue weighted by atomic mass is 9.81. The predicted molar refractivity (Wildman–Crippen MR) is 194 cm³/mol. The summed E-state index contributed by atoms with van der Waals surface area (Å²) in [5.74, 6) is 0.508.